The van der Waals surface area contributed by atoms with Crippen molar-refractivity contribution in [3.05, 3.63) is 0 Å². The van der Waals surface area contributed by atoms with Gasteiger partial charge in [-0.15, -0.1) is 0 Å². The van der Waals surface area contributed by atoms with Gasteiger partial charge in [0.1, 0.15) is 0 Å². The third kappa shape index (κ3) is 5.64. The molecule has 0 fully saturated rings. The first kappa shape index (κ1) is 14.3. The standard InChI is InChI=1S/C10H19F3N2/c1-3-5-7-15(8-6-4-2)9(14)10(11,12)13/h14H,3-8H2,1-2H3. The number of halogens is 3. The van der Waals surface area contributed by atoms with Gasteiger partial charge in [-0.3, -0.25) is 5.41 Å². The van der Waals surface area contributed by atoms with Crippen molar-refractivity contribution in [1.29, 1.82) is 5.41 Å². The van der Waals surface area contributed by atoms with Gasteiger partial charge >= 0.3 is 6.18 Å². The number of rotatable bonds is 6. The lowest BCUT2D eigenvalue weighted by atomic mass is 10.2. The molecule has 90 valence electrons. The minimum Gasteiger partial charge on any atom is -0.353 e. The fraction of sp³-hybridized carbons (Fsp3) is 0.900. The van der Waals surface area contributed by atoms with Gasteiger partial charge < -0.3 is 4.90 Å². The van der Waals surface area contributed by atoms with Crippen LogP contribution in [0.4, 0.5) is 13.2 Å². The zero-order valence-corrected chi connectivity index (χ0v) is 9.32. The lowest BCUT2D eigenvalue weighted by Gasteiger charge is -2.25. The second kappa shape index (κ2) is 6.69. The van der Waals surface area contributed by atoms with Crippen molar-refractivity contribution in [2.75, 3.05) is 13.1 Å². The molecule has 1 N–H and O–H groups in total. The Kier molecular flexibility index (Phi) is 6.36. The van der Waals surface area contributed by atoms with E-state index in [2.05, 4.69) is 0 Å². The van der Waals surface area contributed by atoms with Gasteiger partial charge in [0.15, 0.2) is 0 Å². The van der Waals surface area contributed by atoms with Crippen LogP contribution in [0.15, 0.2) is 0 Å². The molecule has 0 saturated carbocycles. The largest absolute Gasteiger partial charge is 0.448 e. The number of nitrogens with one attached hydrogen (secondary N) is 1. The van der Waals surface area contributed by atoms with E-state index in [1.165, 1.54) is 0 Å². The Hall–Kier alpha value is -0.740. The normalized spacial score (nSPS) is 11.5. The number of amidine groups is 1. The Morgan fingerprint density at radius 2 is 1.47 bits per heavy atom. The topological polar surface area (TPSA) is 27.1 Å². The Labute approximate surface area is 89.0 Å². The molecule has 5 heteroatoms. The number of nitrogens with zero attached hydrogens (tertiary/aromatic N) is 1. The minimum atomic E-state index is -4.51. The minimum absolute atomic E-state index is 0.328. The smallest absolute Gasteiger partial charge is 0.353 e. The summed E-state index contributed by atoms with van der Waals surface area (Å²) in [6, 6.07) is 0. The van der Waals surface area contributed by atoms with Crippen LogP contribution >= 0.6 is 0 Å². The molecule has 0 amide bonds. The first-order valence-corrected chi connectivity index (χ1v) is 5.34. The van der Waals surface area contributed by atoms with Gasteiger partial charge in [0.05, 0.1) is 0 Å². The summed E-state index contributed by atoms with van der Waals surface area (Å²) in [7, 11) is 0. The molecule has 0 bridgehead atoms. The van der Waals surface area contributed by atoms with Crippen molar-refractivity contribution < 1.29 is 13.2 Å². The zero-order valence-electron chi connectivity index (χ0n) is 9.32. The number of alkyl halides is 3. The Morgan fingerprint density at radius 3 is 1.73 bits per heavy atom. The molecule has 0 radical (unpaired) electrons. The zero-order chi connectivity index (χ0) is 11.9. The second-order valence-electron chi connectivity index (χ2n) is 3.54. The highest BCUT2D eigenvalue weighted by Gasteiger charge is 2.37. The van der Waals surface area contributed by atoms with Crippen LogP contribution in [0.25, 0.3) is 0 Å². The molecule has 0 aliphatic carbocycles. The summed E-state index contributed by atoms with van der Waals surface area (Å²) < 4.78 is 36.9. The van der Waals surface area contributed by atoms with Crippen LogP contribution in [0.5, 0.6) is 0 Å². The molecular weight excluding hydrogens is 205 g/mol. The summed E-state index contributed by atoms with van der Waals surface area (Å²) >= 11 is 0. The van der Waals surface area contributed by atoms with Crippen LogP contribution in [0, 0.1) is 5.41 Å². The average Bonchev–Trinajstić information content (AvgIpc) is 2.16. The quantitative estimate of drug-likeness (QED) is 0.543. The van der Waals surface area contributed by atoms with E-state index < -0.39 is 12.0 Å². The summed E-state index contributed by atoms with van der Waals surface area (Å²) in [5.41, 5.74) is 0. The molecule has 0 aliphatic rings. The fourth-order valence-electron chi connectivity index (χ4n) is 1.21. The first-order chi connectivity index (χ1) is 6.93. The summed E-state index contributed by atoms with van der Waals surface area (Å²) in [6.07, 6.45) is -1.44. The van der Waals surface area contributed by atoms with Crippen molar-refractivity contribution >= 4 is 5.84 Å². The number of unbranched alkanes of at least 4 members (excludes halogenated alkanes) is 2. The molecule has 0 atom stereocenters. The van der Waals surface area contributed by atoms with Gasteiger partial charge in [0, 0.05) is 13.1 Å². The number of hydrogen-bond acceptors (Lipinski definition) is 1. The van der Waals surface area contributed by atoms with Crippen LogP contribution in [0.2, 0.25) is 0 Å². The van der Waals surface area contributed by atoms with Crippen molar-refractivity contribution in [1.82, 2.24) is 4.90 Å². The molecule has 0 aromatic rings. The monoisotopic (exact) mass is 224 g/mol. The van der Waals surface area contributed by atoms with Gasteiger partial charge in [-0.1, -0.05) is 26.7 Å². The highest BCUT2D eigenvalue weighted by atomic mass is 19.4. The highest BCUT2D eigenvalue weighted by molar-refractivity contribution is 5.84. The van der Waals surface area contributed by atoms with E-state index in [1.54, 1.807) is 0 Å². The van der Waals surface area contributed by atoms with Crippen LogP contribution < -0.4 is 0 Å². The van der Waals surface area contributed by atoms with Gasteiger partial charge in [-0.05, 0) is 12.8 Å². The van der Waals surface area contributed by atoms with E-state index in [9.17, 15) is 13.2 Å². The van der Waals surface area contributed by atoms with Crippen LogP contribution in [0.3, 0.4) is 0 Å². The summed E-state index contributed by atoms with van der Waals surface area (Å²) in [6.45, 7) is 4.51. The molecule has 15 heavy (non-hydrogen) atoms. The Balaban J connectivity index is 4.27. The molecule has 0 heterocycles. The molecule has 0 aliphatic heterocycles. The average molecular weight is 224 g/mol. The van der Waals surface area contributed by atoms with E-state index in [1.807, 2.05) is 13.8 Å². The number of hydrogen-bond donors (Lipinski definition) is 1. The van der Waals surface area contributed by atoms with Crippen LogP contribution in [-0.4, -0.2) is 30.0 Å². The van der Waals surface area contributed by atoms with Gasteiger partial charge in [0.2, 0.25) is 5.84 Å². The van der Waals surface area contributed by atoms with Crippen LogP contribution in [0.1, 0.15) is 39.5 Å². The second-order valence-corrected chi connectivity index (χ2v) is 3.54. The highest BCUT2D eigenvalue weighted by Crippen LogP contribution is 2.19. The van der Waals surface area contributed by atoms with Crippen molar-refractivity contribution in [2.45, 2.75) is 45.7 Å². The molecular formula is C10H19F3N2. The first-order valence-electron chi connectivity index (χ1n) is 5.34. The lowest BCUT2D eigenvalue weighted by Crippen LogP contribution is -2.41. The molecule has 0 rings (SSSR count). The van der Waals surface area contributed by atoms with E-state index in [0.29, 0.717) is 25.9 Å². The third-order valence-corrected chi connectivity index (χ3v) is 2.15. The van der Waals surface area contributed by atoms with Crippen LogP contribution in [-0.2, 0) is 0 Å². The summed E-state index contributed by atoms with van der Waals surface area (Å²) in [5.74, 6) is -1.20. The Bertz CT molecular complexity index is 182. The molecule has 0 aromatic heterocycles. The van der Waals surface area contributed by atoms with E-state index in [4.69, 9.17) is 5.41 Å². The SMILES string of the molecule is CCCCN(CCCC)C(=N)C(F)(F)F. The maximum atomic E-state index is 12.3. The molecule has 0 saturated heterocycles. The van der Waals surface area contributed by atoms with Gasteiger partial charge in [-0.2, -0.15) is 13.2 Å². The van der Waals surface area contributed by atoms with Crippen molar-refractivity contribution in [3.8, 4) is 0 Å². The van der Waals surface area contributed by atoms with E-state index in [-0.39, 0.29) is 0 Å². The predicted octanol–water partition coefficient (Wildman–Crippen LogP) is 3.43. The molecule has 0 unspecified atom stereocenters. The van der Waals surface area contributed by atoms with Crippen molar-refractivity contribution in [3.63, 3.8) is 0 Å². The molecule has 0 aromatic carbocycles. The maximum Gasteiger partial charge on any atom is 0.448 e. The van der Waals surface area contributed by atoms with E-state index >= 15 is 0 Å². The predicted molar refractivity (Wildman–Crippen MR) is 55.2 cm³/mol. The third-order valence-electron chi connectivity index (χ3n) is 2.15. The van der Waals surface area contributed by atoms with Crippen molar-refractivity contribution in [2.24, 2.45) is 0 Å². The molecule has 0 spiro atoms. The summed E-state index contributed by atoms with van der Waals surface area (Å²) in [4.78, 5) is 1.13. The maximum absolute atomic E-state index is 12.3. The van der Waals surface area contributed by atoms with Gasteiger partial charge in [-0.25, -0.2) is 0 Å². The fourth-order valence-corrected chi connectivity index (χ4v) is 1.21. The molecule has 2 nitrogen and oxygen atoms in total. The Morgan fingerprint density at radius 1 is 1.07 bits per heavy atom. The summed E-state index contributed by atoms with van der Waals surface area (Å²) in [5, 5.41) is 7.06. The van der Waals surface area contributed by atoms with E-state index in [0.717, 1.165) is 17.7 Å². The van der Waals surface area contributed by atoms with Gasteiger partial charge in [0.25, 0.3) is 0 Å². The lowest BCUT2D eigenvalue weighted by molar-refractivity contribution is -0.0699.